The van der Waals surface area contributed by atoms with Crippen molar-refractivity contribution in [2.24, 2.45) is 33.7 Å². The van der Waals surface area contributed by atoms with Crippen molar-refractivity contribution in [3.8, 4) is 0 Å². The van der Waals surface area contributed by atoms with Gasteiger partial charge in [-0.25, -0.2) is 0 Å². The first-order valence-electron chi connectivity index (χ1n) is 9.77. The molecule has 0 aromatic heterocycles. The molecule has 0 saturated heterocycles. The molecule has 2 fully saturated rings. The molecule has 4 nitrogen and oxygen atoms in total. The standard InChI is InChI=1S/C21H31NO3/c1-12(22-25)16-6-7-17-15-5-4-13-10-14(23)11-19(24)21(13,3)18(15)8-9-20(16,17)2/h4,6,14-15,17-19,23-25H,5,7-11H2,1-3H3/b22-12-. The Bertz CT molecular complexity index is 666. The van der Waals surface area contributed by atoms with Gasteiger partial charge in [-0.05, 0) is 67.8 Å². The first kappa shape index (κ1) is 17.3. The molecule has 0 radical (unpaired) electrons. The minimum Gasteiger partial charge on any atom is -0.411 e. The Morgan fingerprint density at radius 1 is 1.16 bits per heavy atom. The number of allylic oxidation sites excluding steroid dienone is 3. The smallest absolute Gasteiger partial charge is 0.0799 e. The summed E-state index contributed by atoms with van der Waals surface area (Å²) in [5.41, 5.74) is 3.15. The maximum atomic E-state index is 10.9. The van der Waals surface area contributed by atoms with Gasteiger partial charge < -0.3 is 15.4 Å². The summed E-state index contributed by atoms with van der Waals surface area (Å²) in [6, 6.07) is 0. The van der Waals surface area contributed by atoms with Crippen LogP contribution in [0.4, 0.5) is 0 Å². The largest absolute Gasteiger partial charge is 0.411 e. The predicted molar refractivity (Wildman–Crippen MR) is 97.5 cm³/mol. The number of hydrogen-bond acceptors (Lipinski definition) is 4. The fourth-order valence-corrected chi connectivity index (χ4v) is 6.88. The van der Waals surface area contributed by atoms with E-state index in [-0.39, 0.29) is 10.8 Å². The molecule has 0 aromatic carbocycles. The molecule has 7 atom stereocenters. The van der Waals surface area contributed by atoms with Gasteiger partial charge in [0.1, 0.15) is 0 Å². The number of aliphatic hydroxyl groups excluding tert-OH is 2. The second kappa shape index (κ2) is 5.68. The number of nitrogens with zero attached hydrogens (tertiary/aromatic N) is 1. The molecule has 4 aliphatic rings. The Balaban J connectivity index is 1.69. The molecule has 0 spiro atoms. The van der Waals surface area contributed by atoms with Gasteiger partial charge in [-0.15, -0.1) is 0 Å². The van der Waals surface area contributed by atoms with Crippen molar-refractivity contribution in [2.45, 2.75) is 71.5 Å². The average molecular weight is 345 g/mol. The van der Waals surface area contributed by atoms with Crippen LogP contribution in [-0.4, -0.2) is 33.3 Å². The van der Waals surface area contributed by atoms with Gasteiger partial charge in [-0.1, -0.05) is 36.7 Å². The minimum absolute atomic E-state index is 0.0817. The second-order valence-electron chi connectivity index (χ2n) is 9.23. The Morgan fingerprint density at radius 3 is 2.64 bits per heavy atom. The molecule has 0 aliphatic heterocycles. The lowest BCUT2D eigenvalue weighted by Gasteiger charge is -2.59. The second-order valence-corrected chi connectivity index (χ2v) is 9.23. The number of rotatable bonds is 1. The average Bonchev–Trinajstić information content (AvgIpc) is 2.93. The van der Waals surface area contributed by atoms with Crippen molar-refractivity contribution in [1.29, 1.82) is 0 Å². The molecule has 4 aliphatic carbocycles. The van der Waals surface area contributed by atoms with E-state index >= 15 is 0 Å². The summed E-state index contributed by atoms with van der Waals surface area (Å²) in [4.78, 5) is 0. The summed E-state index contributed by atoms with van der Waals surface area (Å²) >= 11 is 0. The highest BCUT2D eigenvalue weighted by Gasteiger charge is 2.59. The van der Waals surface area contributed by atoms with E-state index in [0.717, 1.165) is 37.8 Å². The molecule has 2 saturated carbocycles. The third-order valence-corrected chi connectivity index (χ3v) is 8.30. The van der Waals surface area contributed by atoms with Gasteiger partial charge in [0.2, 0.25) is 0 Å². The van der Waals surface area contributed by atoms with Crippen molar-refractivity contribution in [3.05, 3.63) is 23.3 Å². The monoisotopic (exact) mass is 345 g/mol. The zero-order chi connectivity index (χ0) is 18.0. The molecule has 138 valence electrons. The van der Waals surface area contributed by atoms with E-state index in [2.05, 4.69) is 31.2 Å². The van der Waals surface area contributed by atoms with Crippen LogP contribution >= 0.6 is 0 Å². The van der Waals surface area contributed by atoms with E-state index in [1.54, 1.807) is 0 Å². The normalized spacial score (nSPS) is 49.6. The lowest BCUT2D eigenvalue weighted by atomic mass is 9.46. The number of aliphatic hydroxyl groups is 2. The molecular weight excluding hydrogens is 314 g/mol. The first-order valence-corrected chi connectivity index (χ1v) is 9.77. The fourth-order valence-electron chi connectivity index (χ4n) is 6.88. The third-order valence-electron chi connectivity index (χ3n) is 8.30. The maximum Gasteiger partial charge on any atom is 0.0799 e. The Labute approximate surface area is 150 Å². The van der Waals surface area contributed by atoms with Crippen LogP contribution in [0.5, 0.6) is 0 Å². The Kier molecular flexibility index (Phi) is 3.93. The van der Waals surface area contributed by atoms with E-state index in [9.17, 15) is 15.4 Å². The van der Waals surface area contributed by atoms with Crippen LogP contribution in [0.3, 0.4) is 0 Å². The minimum atomic E-state index is -0.450. The topological polar surface area (TPSA) is 73.1 Å². The van der Waals surface area contributed by atoms with E-state index in [1.165, 1.54) is 11.1 Å². The van der Waals surface area contributed by atoms with Crippen LogP contribution in [0.15, 0.2) is 28.5 Å². The number of hydrogen-bond donors (Lipinski definition) is 3. The van der Waals surface area contributed by atoms with Crippen LogP contribution in [0.25, 0.3) is 0 Å². The molecule has 4 rings (SSSR count). The number of oxime groups is 1. The summed E-state index contributed by atoms with van der Waals surface area (Å²) in [6.45, 7) is 6.47. The van der Waals surface area contributed by atoms with Crippen LogP contribution in [-0.2, 0) is 0 Å². The van der Waals surface area contributed by atoms with Gasteiger partial charge in [-0.2, -0.15) is 0 Å². The molecule has 0 bridgehead atoms. The summed E-state index contributed by atoms with van der Waals surface area (Å²) < 4.78 is 0. The third kappa shape index (κ3) is 2.23. The predicted octanol–water partition coefficient (Wildman–Crippen LogP) is 3.67. The highest BCUT2D eigenvalue weighted by atomic mass is 16.4. The van der Waals surface area contributed by atoms with Gasteiger partial charge in [0, 0.05) is 11.8 Å². The van der Waals surface area contributed by atoms with Crippen molar-refractivity contribution < 1.29 is 15.4 Å². The first-order chi connectivity index (χ1) is 11.8. The molecule has 3 N–H and O–H groups in total. The molecule has 7 unspecified atom stereocenters. The SMILES string of the molecule is C/C(=N/O)C1=CCC2C3CC=C4CC(O)CC(O)C4(C)C3CCC12C. The molecular formula is C21H31NO3. The van der Waals surface area contributed by atoms with E-state index < -0.39 is 12.2 Å². The quantitative estimate of drug-likeness (QED) is 0.294. The zero-order valence-electron chi connectivity index (χ0n) is 15.6. The van der Waals surface area contributed by atoms with Gasteiger partial charge in [0.05, 0.1) is 17.9 Å². The fraction of sp³-hybridized carbons (Fsp3) is 0.762. The van der Waals surface area contributed by atoms with Gasteiger partial charge in [0.25, 0.3) is 0 Å². The van der Waals surface area contributed by atoms with Gasteiger partial charge in [0.15, 0.2) is 0 Å². The molecule has 0 heterocycles. The van der Waals surface area contributed by atoms with Crippen LogP contribution in [0.2, 0.25) is 0 Å². The van der Waals surface area contributed by atoms with Crippen molar-refractivity contribution in [1.82, 2.24) is 0 Å². The van der Waals surface area contributed by atoms with Gasteiger partial charge >= 0.3 is 0 Å². The van der Waals surface area contributed by atoms with E-state index in [1.807, 2.05) is 6.92 Å². The molecule has 25 heavy (non-hydrogen) atoms. The summed E-state index contributed by atoms with van der Waals surface area (Å²) in [6.07, 6.45) is 9.23. The number of fused-ring (bicyclic) bond motifs is 5. The maximum absolute atomic E-state index is 10.9. The molecule has 0 aromatic rings. The molecule has 0 amide bonds. The van der Waals surface area contributed by atoms with Gasteiger partial charge in [-0.3, -0.25) is 0 Å². The Hall–Kier alpha value is -1.13. The van der Waals surface area contributed by atoms with Crippen molar-refractivity contribution in [3.63, 3.8) is 0 Å². The molecule has 4 heteroatoms. The highest BCUT2D eigenvalue weighted by Crippen LogP contribution is 2.65. The summed E-state index contributed by atoms with van der Waals surface area (Å²) in [7, 11) is 0. The van der Waals surface area contributed by atoms with E-state index in [0.29, 0.717) is 24.2 Å². The summed E-state index contributed by atoms with van der Waals surface area (Å²) in [5.74, 6) is 1.58. The Morgan fingerprint density at radius 2 is 1.92 bits per heavy atom. The zero-order valence-corrected chi connectivity index (χ0v) is 15.6. The van der Waals surface area contributed by atoms with Crippen LogP contribution < -0.4 is 0 Å². The lowest BCUT2D eigenvalue weighted by molar-refractivity contribution is -0.0959. The highest BCUT2D eigenvalue weighted by molar-refractivity contribution is 5.99. The van der Waals surface area contributed by atoms with Crippen molar-refractivity contribution >= 4 is 5.71 Å². The van der Waals surface area contributed by atoms with Crippen LogP contribution in [0, 0.1) is 28.6 Å². The lowest BCUT2D eigenvalue weighted by Crippen LogP contribution is -2.55. The van der Waals surface area contributed by atoms with E-state index in [4.69, 9.17) is 0 Å². The van der Waals surface area contributed by atoms with Crippen LogP contribution in [0.1, 0.15) is 59.3 Å². The van der Waals surface area contributed by atoms with Crippen molar-refractivity contribution in [2.75, 3.05) is 0 Å². The summed E-state index contributed by atoms with van der Waals surface area (Å²) in [5, 5.41) is 33.7.